The summed E-state index contributed by atoms with van der Waals surface area (Å²) in [5, 5.41) is 0.519. The first-order valence-electron chi connectivity index (χ1n) is 7.72. The number of piperazine rings is 1. The maximum atomic E-state index is 12.7. The quantitative estimate of drug-likeness (QED) is 0.467. The summed E-state index contributed by atoms with van der Waals surface area (Å²) in [6.45, 7) is 3.04. The van der Waals surface area contributed by atoms with E-state index in [1.54, 1.807) is 4.90 Å². The minimum atomic E-state index is -0.612. The molecule has 8 nitrogen and oxygen atoms in total. The first-order chi connectivity index (χ1) is 11.9. The molecule has 0 unspecified atom stereocenters. The molecule has 1 saturated heterocycles. The zero-order valence-electron chi connectivity index (χ0n) is 13.8. The normalized spacial score (nSPS) is 14.7. The van der Waals surface area contributed by atoms with E-state index >= 15 is 0 Å². The van der Waals surface area contributed by atoms with Gasteiger partial charge >= 0.3 is 0 Å². The Hall–Kier alpha value is -2.42. The topological polar surface area (TPSA) is 95.6 Å². The monoisotopic (exact) mass is 408 g/mol. The first kappa shape index (κ1) is 17.4. The van der Waals surface area contributed by atoms with E-state index in [1.807, 2.05) is 0 Å². The second-order valence-corrected chi connectivity index (χ2v) is 6.45. The van der Waals surface area contributed by atoms with Crippen molar-refractivity contribution in [3.05, 3.63) is 22.6 Å². The van der Waals surface area contributed by atoms with Gasteiger partial charge in [0.25, 0.3) is 11.7 Å². The predicted octanol–water partition coefficient (Wildman–Crippen LogP) is 1.21. The predicted molar refractivity (Wildman–Crippen MR) is 93.5 cm³/mol. The highest BCUT2D eigenvalue weighted by atomic mass is 79.9. The van der Waals surface area contributed by atoms with Crippen LogP contribution in [0.4, 0.5) is 0 Å². The number of ether oxygens (including phenoxy) is 1. The smallest absolute Gasteiger partial charge is 0.295 e. The number of carbonyl (C=O) groups excluding carboxylic acids is 3. The standard InChI is InChI=1S/C16H17BrN4O4/c1-9(22)20-3-5-21(6-4-20)16(24)14(23)10-7-18-13-12(10)11(25-2)8-19-15(13)17/h7-8,18H,3-6H2,1-2H3. The molecule has 2 aromatic heterocycles. The van der Waals surface area contributed by atoms with Crippen molar-refractivity contribution in [2.75, 3.05) is 33.3 Å². The zero-order chi connectivity index (χ0) is 18.1. The number of amides is 2. The Labute approximate surface area is 152 Å². The van der Waals surface area contributed by atoms with Crippen LogP contribution in [0.15, 0.2) is 17.0 Å². The van der Waals surface area contributed by atoms with E-state index in [2.05, 4.69) is 25.9 Å². The van der Waals surface area contributed by atoms with Crippen molar-refractivity contribution in [3.63, 3.8) is 0 Å². The number of aromatic nitrogens is 2. The van der Waals surface area contributed by atoms with Crippen LogP contribution in [0.3, 0.4) is 0 Å². The zero-order valence-corrected chi connectivity index (χ0v) is 15.4. The third-order valence-electron chi connectivity index (χ3n) is 4.30. The van der Waals surface area contributed by atoms with Gasteiger partial charge in [0, 0.05) is 39.3 Å². The van der Waals surface area contributed by atoms with Gasteiger partial charge in [-0.2, -0.15) is 0 Å². The molecule has 2 amide bonds. The summed E-state index contributed by atoms with van der Waals surface area (Å²) in [4.78, 5) is 46.9. The number of halogens is 1. The number of carbonyl (C=O) groups is 3. The van der Waals surface area contributed by atoms with Gasteiger partial charge in [-0.05, 0) is 15.9 Å². The fourth-order valence-electron chi connectivity index (χ4n) is 2.90. The summed E-state index contributed by atoms with van der Waals surface area (Å²) in [7, 11) is 1.48. The van der Waals surface area contributed by atoms with Crippen molar-refractivity contribution in [2.45, 2.75) is 6.92 Å². The van der Waals surface area contributed by atoms with E-state index in [0.29, 0.717) is 47.4 Å². The molecule has 3 heterocycles. The van der Waals surface area contributed by atoms with E-state index in [0.717, 1.165) is 0 Å². The van der Waals surface area contributed by atoms with Crippen molar-refractivity contribution in [2.24, 2.45) is 0 Å². The van der Waals surface area contributed by atoms with Gasteiger partial charge in [-0.25, -0.2) is 4.98 Å². The SMILES string of the molecule is COc1cnc(Br)c2[nH]cc(C(=O)C(=O)N3CCN(C(C)=O)CC3)c12. The Bertz CT molecular complexity index is 855. The van der Waals surface area contributed by atoms with Crippen LogP contribution in [0.1, 0.15) is 17.3 Å². The molecule has 1 aliphatic rings. The fraction of sp³-hybridized carbons (Fsp3) is 0.375. The lowest BCUT2D eigenvalue weighted by Crippen LogP contribution is -2.51. The fourth-order valence-corrected chi connectivity index (χ4v) is 3.32. The number of aromatic amines is 1. The summed E-state index contributed by atoms with van der Waals surface area (Å²) in [5.74, 6) is -0.813. The number of nitrogens with zero attached hydrogens (tertiary/aromatic N) is 3. The molecule has 0 saturated carbocycles. The van der Waals surface area contributed by atoms with Gasteiger partial charge in [-0.3, -0.25) is 14.4 Å². The molecule has 9 heteroatoms. The first-order valence-corrected chi connectivity index (χ1v) is 8.52. The average Bonchev–Trinajstić information content (AvgIpc) is 3.07. The molecule has 0 atom stereocenters. The molecule has 1 aliphatic heterocycles. The molecular formula is C16H17BrN4O4. The number of nitrogens with one attached hydrogen (secondary N) is 1. The number of hydrogen-bond acceptors (Lipinski definition) is 5. The molecule has 0 aromatic carbocycles. The van der Waals surface area contributed by atoms with Crippen molar-refractivity contribution in [3.8, 4) is 5.75 Å². The molecule has 0 radical (unpaired) electrons. The minimum absolute atomic E-state index is 0.0304. The lowest BCUT2D eigenvalue weighted by atomic mass is 10.1. The third-order valence-corrected chi connectivity index (χ3v) is 4.90. The van der Waals surface area contributed by atoms with Crippen LogP contribution in [-0.4, -0.2) is 70.7 Å². The molecule has 0 spiro atoms. The van der Waals surface area contributed by atoms with E-state index in [-0.39, 0.29) is 11.5 Å². The number of H-pyrrole nitrogens is 1. The summed E-state index contributed by atoms with van der Waals surface area (Å²) < 4.78 is 5.80. The Morgan fingerprint density at radius 1 is 1.20 bits per heavy atom. The Morgan fingerprint density at radius 2 is 1.84 bits per heavy atom. The number of ketones is 1. The molecule has 0 bridgehead atoms. The van der Waals surface area contributed by atoms with Crippen LogP contribution in [0.2, 0.25) is 0 Å². The van der Waals surface area contributed by atoms with Crippen LogP contribution >= 0.6 is 15.9 Å². The number of fused-ring (bicyclic) bond motifs is 1. The highest BCUT2D eigenvalue weighted by Crippen LogP contribution is 2.32. The van der Waals surface area contributed by atoms with Crippen LogP contribution < -0.4 is 4.74 Å². The number of methoxy groups -OCH3 is 1. The van der Waals surface area contributed by atoms with Crippen molar-refractivity contribution < 1.29 is 19.1 Å². The lowest BCUT2D eigenvalue weighted by Gasteiger charge is -2.33. The van der Waals surface area contributed by atoms with Gasteiger partial charge in [0.1, 0.15) is 10.4 Å². The molecule has 3 rings (SSSR count). The van der Waals surface area contributed by atoms with E-state index in [4.69, 9.17) is 4.74 Å². The summed E-state index contributed by atoms with van der Waals surface area (Å²) in [6, 6.07) is 0. The summed E-state index contributed by atoms with van der Waals surface area (Å²) in [6.07, 6.45) is 2.98. The lowest BCUT2D eigenvalue weighted by molar-refractivity contribution is -0.135. The Kier molecular flexibility index (Phi) is 4.76. The molecule has 1 fully saturated rings. The van der Waals surface area contributed by atoms with Crippen LogP contribution in [0, 0.1) is 0 Å². The van der Waals surface area contributed by atoms with Crippen LogP contribution in [-0.2, 0) is 9.59 Å². The summed E-state index contributed by atoms with van der Waals surface area (Å²) >= 11 is 3.31. The van der Waals surface area contributed by atoms with Gasteiger partial charge in [-0.15, -0.1) is 0 Å². The number of pyridine rings is 1. The maximum absolute atomic E-state index is 12.7. The molecular weight excluding hydrogens is 392 g/mol. The molecule has 1 N–H and O–H groups in total. The van der Waals surface area contributed by atoms with Crippen LogP contribution in [0.5, 0.6) is 5.75 Å². The number of Topliss-reactive ketones (excluding diaryl/α,β-unsaturated/α-hetero) is 1. The van der Waals surface area contributed by atoms with Crippen molar-refractivity contribution in [1.82, 2.24) is 19.8 Å². The van der Waals surface area contributed by atoms with Gasteiger partial charge in [0.15, 0.2) is 0 Å². The van der Waals surface area contributed by atoms with Gasteiger partial charge in [0.05, 0.1) is 29.8 Å². The Balaban J connectivity index is 1.86. The Morgan fingerprint density at radius 3 is 2.44 bits per heavy atom. The summed E-state index contributed by atoms with van der Waals surface area (Å²) in [5.41, 5.74) is 0.839. The number of hydrogen-bond donors (Lipinski definition) is 1. The number of rotatable bonds is 3. The van der Waals surface area contributed by atoms with E-state index in [9.17, 15) is 14.4 Å². The second-order valence-electron chi connectivity index (χ2n) is 5.70. The van der Waals surface area contributed by atoms with Gasteiger partial charge in [-0.1, -0.05) is 0 Å². The largest absolute Gasteiger partial charge is 0.494 e. The highest BCUT2D eigenvalue weighted by Gasteiger charge is 2.30. The van der Waals surface area contributed by atoms with Crippen molar-refractivity contribution in [1.29, 1.82) is 0 Å². The van der Waals surface area contributed by atoms with Gasteiger partial charge < -0.3 is 19.5 Å². The highest BCUT2D eigenvalue weighted by molar-refractivity contribution is 9.10. The third kappa shape index (κ3) is 3.11. The molecule has 25 heavy (non-hydrogen) atoms. The molecule has 2 aromatic rings. The van der Waals surface area contributed by atoms with Crippen molar-refractivity contribution >= 4 is 44.4 Å². The second kappa shape index (κ2) is 6.83. The maximum Gasteiger partial charge on any atom is 0.295 e. The molecule has 132 valence electrons. The minimum Gasteiger partial charge on any atom is -0.494 e. The van der Waals surface area contributed by atoms with E-state index < -0.39 is 11.7 Å². The average molecular weight is 409 g/mol. The van der Waals surface area contributed by atoms with Crippen LogP contribution in [0.25, 0.3) is 10.9 Å². The van der Waals surface area contributed by atoms with E-state index in [1.165, 1.54) is 31.3 Å². The van der Waals surface area contributed by atoms with Gasteiger partial charge in [0.2, 0.25) is 5.91 Å². The molecule has 0 aliphatic carbocycles.